The number of benzene rings is 1. The van der Waals surface area contributed by atoms with Crippen LogP contribution in [0, 0.1) is 0 Å². The summed E-state index contributed by atoms with van der Waals surface area (Å²) in [5.74, 6) is 0. The summed E-state index contributed by atoms with van der Waals surface area (Å²) in [6.45, 7) is 15.4. The van der Waals surface area contributed by atoms with Crippen molar-refractivity contribution in [1.82, 2.24) is 4.90 Å². The van der Waals surface area contributed by atoms with E-state index in [2.05, 4.69) is 69.2 Å². The van der Waals surface area contributed by atoms with Crippen LogP contribution in [0.4, 0.5) is 0 Å². The van der Waals surface area contributed by atoms with Gasteiger partial charge in [-0.2, -0.15) is 0 Å². The smallest absolute Gasteiger partial charge is 0.0326 e. The van der Waals surface area contributed by atoms with Crippen molar-refractivity contribution in [3.05, 3.63) is 72.9 Å². The third kappa shape index (κ3) is 4.50. The van der Waals surface area contributed by atoms with Gasteiger partial charge in [0.05, 0.1) is 0 Å². The molecule has 1 aromatic rings. The van der Waals surface area contributed by atoms with Crippen LogP contribution in [-0.2, 0) is 0 Å². The maximum Gasteiger partial charge on any atom is 0.0326 e. The Morgan fingerprint density at radius 3 is 2.35 bits per heavy atom. The molecule has 0 aliphatic rings. The number of hydrogen-bond acceptors (Lipinski definition) is 1. The molecule has 108 valence electrons. The minimum absolute atomic E-state index is 0.388. The first kappa shape index (κ1) is 16.5. The number of allylic oxidation sites excluding steroid dienone is 2. The first-order valence-electron chi connectivity index (χ1n) is 7.38. The highest BCUT2D eigenvalue weighted by Gasteiger charge is 2.20. The summed E-state index contributed by atoms with van der Waals surface area (Å²) in [5.41, 5.74) is 2.57. The second-order valence-electron chi connectivity index (χ2n) is 5.20. The minimum atomic E-state index is 0.388. The van der Waals surface area contributed by atoms with E-state index >= 15 is 0 Å². The number of nitrogens with zero attached hydrogens (tertiary/aromatic N) is 1. The van der Waals surface area contributed by atoms with E-state index in [4.69, 9.17) is 0 Å². The zero-order valence-corrected chi connectivity index (χ0v) is 13.0. The molecule has 0 saturated carbocycles. The van der Waals surface area contributed by atoms with Crippen molar-refractivity contribution in [3.8, 4) is 0 Å². The van der Waals surface area contributed by atoms with Gasteiger partial charge in [-0.25, -0.2) is 0 Å². The molecular weight excluding hydrogens is 242 g/mol. The van der Waals surface area contributed by atoms with Gasteiger partial charge in [-0.15, -0.1) is 0 Å². The quantitative estimate of drug-likeness (QED) is 0.590. The number of hydrogen-bond donors (Lipinski definition) is 0. The van der Waals surface area contributed by atoms with Gasteiger partial charge in [-0.3, -0.25) is 4.90 Å². The van der Waals surface area contributed by atoms with E-state index in [1.54, 1.807) is 0 Å². The van der Waals surface area contributed by atoms with Gasteiger partial charge in [0, 0.05) is 18.6 Å². The molecule has 0 fully saturated rings. The van der Waals surface area contributed by atoms with Gasteiger partial charge in [0.2, 0.25) is 0 Å². The maximum absolute atomic E-state index is 3.91. The van der Waals surface area contributed by atoms with Gasteiger partial charge in [0.15, 0.2) is 0 Å². The summed E-state index contributed by atoms with van der Waals surface area (Å²) in [7, 11) is 0. The third-order valence-corrected chi connectivity index (χ3v) is 3.90. The fourth-order valence-electron chi connectivity index (χ4n) is 2.38. The standard InChI is InChI=1S/C19H27N/c1-6-12-18(8-3)15-20(16(4)7-2)17(5)19-13-10-9-11-14-19/h6,8-14,16-17H,1,3,7,15H2,2,4-5H3/b18-12+/t16-,17-/m1/s1. The summed E-state index contributed by atoms with van der Waals surface area (Å²) in [5, 5.41) is 0. The average molecular weight is 269 g/mol. The lowest BCUT2D eigenvalue weighted by molar-refractivity contribution is 0.166. The summed E-state index contributed by atoms with van der Waals surface area (Å²) >= 11 is 0. The van der Waals surface area contributed by atoms with E-state index in [1.165, 1.54) is 11.1 Å². The predicted molar refractivity (Wildman–Crippen MR) is 89.8 cm³/mol. The Labute approximate surface area is 124 Å². The highest BCUT2D eigenvalue weighted by molar-refractivity contribution is 5.24. The Morgan fingerprint density at radius 2 is 1.85 bits per heavy atom. The summed E-state index contributed by atoms with van der Waals surface area (Å²) in [6, 6.07) is 11.6. The van der Waals surface area contributed by atoms with E-state index in [9.17, 15) is 0 Å². The molecule has 1 rings (SSSR count). The Morgan fingerprint density at radius 1 is 1.20 bits per heavy atom. The van der Waals surface area contributed by atoms with Gasteiger partial charge >= 0.3 is 0 Å². The average Bonchev–Trinajstić information content (AvgIpc) is 2.50. The first-order valence-corrected chi connectivity index (χ1v) is 7.38. The molecule has 20 heavy (non-hydrogen) atoms. The van der Waals surface area contributed by atoms with Crippen LogP contribution in [0.3, 0.4) is 0 Å². The largest absolute Gasteiger partial charge is 0.290 e. The van der Waals surface area contributed by atoms with Crippen molar-refractivity contribution in [1.29, 1.82) is 0 Å². The normalized spacial score (nSPS) is 14.9. The topological polar surface area (TPSA) is 3.24 Å². The van der Waals surface area contributed by atoms with Gasteiger partial charge in [-0.05, 0) is 31.4 Å². The minimum Gasteiger partial charge on any atom is -0.290 e. The highest BCUT2D eigenvalue weighted by atomic mass is 15.2. The van der Waals surface area contributed by atoms with Gasteiger partial charge in [0.1, 0.15) is 0 Å². The third-order valence-electron chi connectivity index (χ3n) is 3.90. The molecule has 0 N–H and O–H groups in total. The molecular formula is C19H27N. The molecule has 1 aromatic carbocycles. The second kappa shape index (κ2) is 8.55. The van der Waals surface area contributed by atoms with E-state index in [-0.39, 0.29) is 0 Å². The van der Waals surface area contributed by atoms with Gasteiger partial charge < -0.3 is 0 Å². The van der Waals surface area contributed by atoms with Crippen molar-refractivity contribution in [3.63, 3.8) is 0 Å². The zero-order valence-electron chi connectivity index (χ0n) is 13.0. The summed E-state index contributed by atoms with van der Waals surface area (Å²) < 4.78 is 0. The Hall–Kier alpha value is -1.60. The highest BCUT2D eigenvalue weighted by Crippen LogP contribution is 2.24. The van der Waals surface area contributed by atoms with Gasteiger partial charge in [-0.1, -0.05) is 68.6 Å². The second-order valence-corrected chi connectivity index (χ2v) is 5.20. The van der Waals surface area contributed by atoms with Crippen molar-refractivity contribution >= 4 is 0 Å². The molecule has 0 aliphatic carbocycles. The SMILES string of the molecule is C=C/C=C(\C=C)CN([C@H](C)CC)[C@H](C)c1ccccc1. The molecule has 0 unspecified atom stereocenters. The zero-order chi connectivity index (χ0) is 15.0. The van der Waals surface area contributed by atoms with Crippen LogP contribution >= 0.6 is 0 Å². The summed E-state index contributed by atoms with van der Waals surface area (Å²) in [4.78, 5) is 2.52. The van der Waals surface area contributed by atoms with E-state index in [0.717, 1.165) is 13.0 Å². The maximum atomic E-state index is 3.91. The molecule has 0 amide bonds. The lowest BCUT2D eigenvalue weighted by Gasteiger charge is -2.35. The van der Waals surface area contributed by atoms with Crippen molar-refractivity contribution < 1.29 is 0 Å². The molecule has 0 heterocycles. The van der Waals surface area contributed by atoms with Crippen LogP contribution in [0.2, 0.25) is 0 Å². The van der Waals surface area contributed by atoms with Crippen molar-refractivity contribution in [2.45, 2.75) is 39.3 Å². The lowest BCUT2D eigenvalue weighted by Crippen LogP contribution is -2.36. The van der Waals surface area contributed by atoms with E-state index in [1.807, 2.05) is 18.2 Å². The van der Waals surface area contributed by atoms with Crippen LogP contribution < -0.4 is 0 Å². The Kier molecular flexibility index (Phi) is 7.03. The van der Waals surface area contributed by atoms with E-state index in [0.29, 0.717) is 12.1 Å². The first-order chi connectivity index (χ1) is 9.63. The molecule has 0 saturated heterocycles. The monoisotopic (exact) mass is 269 g/mol. The van der Waals surface area contributed by atoms with Gasteiger partial charge in [0.25, 0.3) is 0 Å². The fraction of sp³-hybridized carbons (Fsp3) is 0.368. The molecule has 0 spiro atoms. The van der Waals surface area contributed by atoms with Crippen LogP contribution in [0.15, 0.2) is 67.3 Å². The molecule has 1 nitrogen and oxygen atoms in total. The lowest BCUT2D eigenvalue weighted by atomic mass is 10.0. The molecule has 0 radical (unpaired) electrons. The van der Waals surface area contributed by atoms with Crippen LogP contribution in [0.25, 0.3) is 0 Å². The Bertz CT molecular complexity index is 444. The fourth-order valence-corrected chi connectivity index (χ4v) is 2.38. The molecule has 0 aromatic heterocycles. The molecule has 0 aliphatic heterocycles. The van der Waals surface area contributed by atoms with Crippen LogP contribution in [0.5, 0.6) is 0 Å². The van der Waals surface area contributed by atoms with E-state index < -0.39 is 0 Å². The molecule has 2 atom stereocenters. The Balaban J connectivity index is 2.97. The van der Waals surface area contributed by atoms with Crippen molar-refractivity contribution in [2.24, 2.45) is 0 Å². The predicted octanol–water partition coefficient (Wildman–Crippen LogP) is 5.15. The summed E-state index contributed by atoms with van der Waals surface area (Å²) in [6.07, 6.45) is 6.93. The molecule has 1 heteroatoms. The van der Waals surface area contributed by atoms with Crippen LogP contribution in [-0.4, -0.2) is 17.5 Å². The molecule has 0 bridgehead atoms. The van der Waals surface area contributed by atoms with Crippen molar-refractivity contribution in [2.75, 3.05) is 6.54 Å². The van der Waals surface area contributed by atoms with Crippen LogP contribution in [0.1, 0.15) is 38.8 Å². The number of rotatable bonds is 8.